The highest BCUT2D eigenvalue weighted by Gasteiger charge is 2.50. The third-order valence-electron chi connectivity index (χ3n) is 8.97. The molecule has 0 radical (unpaired) electrons. The van der Waals surface area contributed by atoms with Gasteiger partial charge in [0.2, 0.25) is 5.91 Å². The van der Waals surface area contributed by atoms with Gasteiger partial charge < -0.3 is 9.88 Å². The van der Waals surface area contributed by atoms with E-state index in [1.54, 1.807) is 0 Å². The van der Waals surface area contributed by atoms with E-state index in [0.717, 1.165) is 86.9 Å². The SMILES string of the molecule is O=C(C1CC1)N1CCC(CN2C(=O)C3(CCCC3)N=C2c2ccc(-c3ccc4[nH]ccc4c3)cc2)CC1. The van der Waals surface area contributed by atoms with Gasteiger partial charge in [-0.1, -0.05) is 43.2 Å². The number of nitrogens with one attached hydrogen (secondary N) is 1. The zero-order valence-corrected chi connectivity index (χ0v) is 21.3. The molecule has 1 N–H and O–H groups in total. The third-order valence-corrected chi connectivity index (χ3v) is 8.97. The topological polar surface area (TPSA) is 68.8 Å². The highest BCUT2D eigenvalue weighted by Crippen LogP contribution is 2.41. The predicted molar refractivity (Wildman–Crippen MR) is 145 cm³/mol. The minimum atomic E-state index is -0.560. The highest BCUT2D eigenvalue weighted by atomic mass is 16.2. The molecule has 37 heavy (non-hydrogen) atoms. The van der Waals surface area contributed by atoms with Gasteiger partial charge in [-0.15, -0.1) is 0 Å². The van der Waals surface area contributed by atoms with Crippen molar-refractivity contribution in [3.05, 3.63) is 60.3 Å². The number of H-pyrrole nitrogens is 1. The van der Waals surface area contributed by atoms with Crippen LogP contribution in [0.2, 0.25) is 0 Å². The molecular weight excluding hydrogens is 460 g/mol. The van der Waals surface area contributed by atoms with E-state index >= 15 is 0 Å². The fourth-order valence-corrected chi connectivity index (χ4v) is 6.56. The maximum Gasteiger partial charge on any atom is 0.256 e. The molecule has 2 amide bonds. The van der Waals surface area contributed by atoms with Gasteiger partial charge in [-0.25, -0.2) is 0 Å². The maximum atomic E-state index is 13.8. The first-order valence-electron chi connectivity index (χ1n) is 14.0. The minimum absolute atomic E-state index is 0.193. The molecule has 190 valence electrons. The van der Waals surface area contributed by atoms with Crippen LogP contribution in [-0.4, -0.2) is 57.6 Å². The lowest BCUT2D eigenvalue weighted by Gasteiger charge is -2.34. The van der Waals surface area contributed by atoms with Crippen molar-refractivity contribution in [3.8, 4) is 11.1 Å². The second-order valence-electron chi connectivity index (χ2n) is 11.5. The van der Waals surface area contributed by atoms with Crippen LogP contribution >= 0.6 is 0 Å². The molecule has 6 heteroatoms. The summed E-state index contributed by atoms with van der Waals surface area (Å²) >= 11 is 0. The quantitative estimate of drug-likeness (QED) is 0.517. The Morgan fingerprint density at radius 2 is 1.62 bits per heavy atom. The number of fused-ring (bicyclic) bond motifs is 1. The maximum absolute atomic E-state index is 13.8. The van der Waals surface area contributed by atoms with Gasteiger partial charge in [-0.05, 0) is 79.2 Å². The molecule has 0 bridgehead atoms. The predicted octanol–water partition coefficient (Wildman–Crippen LogP) is 5.39. The average Bonchev–Trinajstić information content (AvgIpc) is 3.38. The number of aromatic amines is 1. The number of nitrogens with zero attached hydrogens (tertiary/aromatic N) is 3. The lowest BCUT2D eigenvalue weighted by atomic mass is 9.94. The Bertz CT molecular complexity index is 1370. The molecule has 2 saturated carbocycles. The van der Waals surface area contributed by atoms with E-state index in [0.29, 0.717) is 18.4 Å². The van der Waals surface area contributed by atoms with Crippen LogP contribution in [0.15, 0.2) is 59.7 Å². The van der Waals surface area contributed by atoms with Crippen LogP contribution in [0.25, 0.3) is 22.0 Å². The van der Waals surface area contributed by atoms with Crippen LogP contribution in [-0.2, 0) is 9.59 Å². The van der Waals surface area contributed by atoms with Crippen LogP contribution in [0.3, 0.4) is 0 Å². The second-order valence-corrected chi connectivity index (χ2v) is 11.5. The number of piperidine rings is 1. The van der Waals surface area contributed by atoms with E-state index in [9.17, 15) is 9.59 Å². The molecule has 2 aromatic carbocycles. The van der Waals surface area contributed by atoms with Gasteiger partial charge in [-0.2, -0.15) is 0 Å². The molecule has 0 atom stereocenters. The smallest absolute Gasteiger partial charge is 0.256 e. The van der Waals surface area contributed by atoms with Crippen LogP contribution in [0, 0.1) is 11.8 Å². The summed E-state index contributed by atoms with van der Waals surface area (Å²) in [6.07, 6.45) is 9.85. The summed E-state index contributed by atoms with van der Waals surface area (Å²) in [5.74, 6) is 2.07. The second kappa shape index (κ2) is 8.86. The minimum Gasteiger partial charge on any atom is -0.361 e. The number of hydrogen-bond acceptors (Lipinski definition) is 3. The molecule has 4 aliphatic rings. The standard InChI is InChI=1S/C31H34N4O2/c36-29(24-7-8-24)34-17-12-21(13-18-34)20-35-28(33-31(30(35)37)14-1-2-15-31)23-5-3-22(4-6-23)25-9-10-27-26(19-25)11-16-32-27/h3-6,9-11,16,19,21,24,32H,1-2,7-8,12-15,17-18,20H2. The van der Waals surface area contributed by atoms with Crippen LogP contribution in [0.5, 0.6) is 0 Å². The Labute approximate surface area is 217 Å². The Kier molecular flexibility index (Phi) is 5.45. The first-order valence-corrected chi connectivity index (χ1v) is 14.0. The van der Waals surface area contributed by atoms with E-state index < -0.39 is 5.54 Å². The molecule has 1 spiro atoms. The van der Waals surface area contributed by atoms with E-state index in [4.69, 9.17) is 4.99 Å². The van der Waals surface area contributed by atoms with E-state index in [1.165, 1.54) is 10.9 Å². The number of carbonyl (C=O) groups is 2. The van der Waals surface area contributed by atoms with Crippen molar-refractivity contribution in [1.82, 2.24) is 14.8 Å². The molecule has 2 aliphatic heterocycles. The first kappa shape index (κ1) is 22.8. The highest BCUT2D eigenvalue weighted by molar-refractivity contribution is 6.15. The zero-order chi connectivity index (χ0) is 25.0. The number of likely N-dealkylation sites (tertiary alicyclic amines) is 1. The zero-order valence-electron chi connectivity index (χ0n) is 21.3. The Morgan fingerprint density at radius 3 is 2.35 bits per heavy atom. The van der Waals surface area contributed by atoms with Gasteiger partial charge in [-0.3, -0.25) is 19.5 Å². The third kappa shape index (κ3) is 4.07. The van der Waals surface area contributed by atoms with Gasteiger partial charge in [0, 0.05) is 42.8 Å². The van der Waals surface area contributed by atoms with Gasteiger partial charge in [0.25, 0.3) is 5.91 Å². The summed E-state index contributed by atoms with van der Waals surface area (Å²) in [6.45, 7) is 2.34. The summed E-state index contributed by atoms with van der Waals surface area (Å²) in [6, 6.07) is 17.1. The van der Waals surface area contributed by atoms with Crippen molar-refractivity contribution in [3.63, 3.8) is 0 Å². The largest absolute Gasteiger partial charge is 0.361 e. The van der Waals surface area contributed by atoms with Crippen molar-refractivity contribution in [2.24, 2.45) is 16.8 Å². The molecule has 3 aromatic rings. The van der Waals surface area contributed by atoms with E-state index in [2.05, 4.69) is 58.4 Å². The lowest BCUT2D eigenvalue weighted by molar-refractivity contribution is -0.135. The summed E-state index contributed by atoms with van der Waals surface area (Å²) in [5.41, 5.74) is 3.94. The number of hydrogen-bond donors (Lipinski definition) is 1. The molecule has 6 nitrogen and oxygen atoms in total. The molecule has 7 rings (SSSR count). The van der Waals surface area contributed by atoms with Gasteiger partial charge >= 0.3 is 0 Å². The Balaban J connectivity index is 1.12. The molecule has 3 fully saturated rings. The number of aliphatic imine (C=N–C) groups is 1. The van der Waals surface area contributed by atoms with E-state index in [-0.39, 0.29) is 11.8 Å². The number of amides is 2. The lowest BCUT2D eigenvalue weighted by Crippen LogP contribution is -2.46. The van der Waals surface area contributed by atoms with Crippen LogP contribution in [0.1, 0.15) is 56.9 Å². The monoisotopic (exact) mass is 494 g/mol. The summed E-state index contributed by atoms with van der Waals surface area (Å²) in [5, 5.41) is 1.20. The summed E-state index contributed by atoms with van der Waals surface area (Å²) < 4.78 is 0. The molecule has 3 heterocycles. The normalized spacial score (nSPS) is 21.8. The molecule has 1 saturated heterocycles. The summed E-state index contributed by atoms with van der Waals surface area (Å²) in [4.78, 5) is 38.7. The fourth-order valence-electron chi connectivity index (χ4n) is 6.56. The molecule has 1 aromatic heterocycles. The number of amidine groups is 1. The first-order chi connectivity index (χ1) is 18.1. The van der Waals surface area contributed by atoms with Crippen molar-refractivity contribution in [1.29, 1.82) is 0 Å². The van der Waals surface area contributed by atoms with Crippen molar-refractivity contribution in [2.45, 2.75) is 56.9 Å². The van der Waals surface area contributed by atoms with Gasteiger partial charge in [0.1, 0.15) is 11.4 Å². The van der Waals surface area contributed by atoms with Crippen molar-refractivity contribution >= 4 is 28.6 Å². The fraction of sp³-hybridized carbons (Fsp3) is 0.452. The number of benzene rings is 2. The Hall–Kier alpha value is -3.41. The van der Waals surface area contributed by atoms with Gasteiger partial charge in [0.15, 0.2) is 0 Å². The average molecular weight is 495 g/mol. The van der Waals surface area contributed by atoms with Crippen molar-refractivity contribution < 1.29 is 9.59 Å². The number of carbonyl (C=O) groups excluding carboxylic acids is 2. The van der Waals surface area contributed by atoms with Crippen LogP contribution < -0.4 is 0 Å². The van der Waals surface area contributed by atoms with Gasteiger partial charge in [0.05, 0.1) is 0 Å². The summed E-state index contributed by atoms with van der Waals surface area (Å²) in [7, 11) is 0. The number of aromatic nitrogens is 1. The Morgan fingerprint density at radius 1 is 0.919 bits per heavy atom. The van der Waals surface area contributed by atoms with E-state index in [1.807, 2.05) is 11.1 Å². The van der Waals surface area contributed by atoms with Crippen molar-refractivity contribution in [2.75, 3.05) is 19.6 Å². The molecule has 2 aliphatic carbocycles. The molecular formula is C31H34N4O2. The number of rotatable bonds is 5. The van der Waals surface area contributed by atoms with Crippen LogP contribution in [0.4, 0.5) is 0 Å². The molecule has 0 unspecified atom stereocenters.